The highest BCUT2D eigenvalue weighted by atomic mass is 35.5. The van der Waals surface area contributed by atoms with Crippen LogP contribution in [0.25, 0.3) is 0 Å². The number of nitrogens with one attached hydrogen (secondary N) is 2. The fraction of sp³-hybridized carbons (Fsp3) is 0.333. The summed E-state index contributed by atoms with van der Waals surface area (Å²) in [5.74, 6) is 1.02. The van der Waals surface area contributed by atoms with E-state index in [1.54, 1.807) is 12.1 Å². The van der Waals surface area contributed by atoms with Gasteiger partial charge in [-0.2, -0.15) is 5.10 Å². The summed E-state index contributed by atoms with van der Waals surface area (Å²) in [6.07, 6.45) is 3.38. The molecule has 0 saturated heterocycles. The van der Waals surface area contributed by atoms with Gasteiger partial charge in [0.05, 0.1) is 5.02 Å². The van der Waals surface area contributed by atoms with E-state index in [9.17, 15) is 5.11 Å². The highest BCUT2D eigenvalue weighted by molar-refractivity contribution is 6.32. The lowest BCUT2D eigenvalue weighted by Gasteiger charge is -2.05. The molecule has 1 heterocycles. The number of nitrogens with zero attached hydrogens (tertiary/aromatic N) is 2. The number of aromatic nitrogens is 3. The van der Waals surface area contributed by atoms with Crippen LogP contribution in [0.4, 0.5) is 0 Å². The summed E-state index contributed by atoms with van der Waals surface area (Å²) < 4.78 is 0. The lowest BCUT2D eigenvalue weighted by atomic mass is 10.2. The summed E-state index contributed by atoms with van der Waals surface area (Å²) >= 11 is 5.82. The number of aryl methyl sites for hydroxylation is 1. The Hall–Kier alpha value is -1.59. The zero-order valence-electron chi connectivity index (χ0n) is 9.86. The maximum absolute atomic E-state index is 9.29. The third-order valence-corrected chi connectivity index (χ3v) is 2.88. The number of aromatic amines is 1. The highest BCUT2D eigenvalue weighted by Crippen LogP contribution is 2.23. The van der Waals surface area contributed by atoms with Crippen molar-refractivity contribution in [1.82, 2.24) is 20.5 Å². The Kier molecular flexibility index (Phi) is 4.55. The summed E-state index contributed by atoms with van der Waals surface area (Å²) in [4.78, 5) is 4.05. The highest BCUT2D eigenvalue weighted by Gasteiger charge is 2.00. The first-order valence-corrected chi connectivity index (χ1v) is 6.16. The van der Waals surface area contributed by atoms with Gasteiger partial charge in [0.1, 0.15) is 17.9 Å². The lowest BCUT2D eigenvalue weighted by Crippen LogP contribution is -2.15. The summed E-state index contributed by atoms with van der Waals surface area (Å²) in [6.45, 7) is 1.62. The Morgan fingerprint density at radius 2 is 2.28 bits per heavy atom. The number of phenols is 1. The lowest BCUT2D eigenvalue weighted by molar-refractivity contribution is 0.475. The molecule has 0 aliphatic carbocycles. The number of benzene rings is 1. The predicted molar refractivity (Wildman–Crippen MR) is 69.5 cm³/mol. The third-order valence-electron chi connectivity index (χ3n) is 2.57. The second kappa shape index (κ2) is 6.37. The van der Waals surface area contributed by atoms with Crippen molar-refractivity contribution in [2.24, 2.45) is 0 Å². The van der Waals surface area contributed by atoms with Gasteiger partial charge < -0.3 is 10.4 Å². The molecule has 0 fully saturated rings. The Bertz CT molecular complexity index is 487. The molecule has 0 aliphatic heterocycles. The second-order valence-corrected chi connectivity index (χ2v) is 4.41. The molecule has 0 aliphatic rings. The molecule has 1 aromatic heterocycles. The molecule has 0 spiro atoms. The molecular weight excluding hydrogens is 252 g/mol. The topological polar surface area (TPSA) is 73.8 Å². The fourth-order valence-electron chi connectivity index (χ4n) is 1.63. The van der Waals surface area contributed by atoms with Crippen LogP contribution < -0.4 is 5.32 Å². The summed E-state index contributed by atoms with van der Waals surface area (Å²) in [6, 6.07) is 5.22. The van der Waals surface area contributed by atoms with Crippen molar-refractivity contribution in [3.8, 4) is 5.75 Å². The number of rotatable bonds is 6. The largest absolute Gasteiger partial charge is 0.506 e. The first-order valence-electron chi connectivity index (χ1n) is 5.78. The van der Waals surface area contributed by atoms with Gasteiger partial charge in [0.25, 0.3) is 0 Å². The van der Waals surface area contributed by atoms with Crippen LogP contribution in [0.15, 0.2) is 24.5 Å². The molecule has 1 aromatic carbocycles. The van der Waals surface area contributed by atoms with Crippen molar-refractivity contribution in [2.75, 3.05) is 6.54 Å². The Labute approximate surface area is 110 Å². The van der Waals surface area contributed by atoms with Crippen molar-refractivity contribution in [3.63, 3.8) is 0 Å². The summed E-state index contributed by atoms with van der Waals surface area (Å²) in [5, 5.41) is 19.6. The molecule has 0 unspecified atom stereocenters. The van der Waals surface area contributed by atoms with E-state index in [0.717, 1.165) is 37.3 Å². The van der Waals surface area contributed by atoms with Gasteiger partial charge in [0.2, 0.25) is 0 Å². The van der Waals surface area contributed by atoms with Crippen molar-refractivity contribution in [1.29, 1.82) is 0 Å². The third kappa shape index (κ3) is 3.72. The van der Waals surface area contributed by atoms with E-state index in [1.807, 2.05) is 6.07 Å². The van der Waals surface area contributed by atoms with Crippen LogP contribution in [0.5, 0.6) is 5.75 Å². The first-order chi connectivity index (χ1) is 8.75. The molecule has 96 valence electrons. The van der Waals surface area contributed by atoms with Gasteiger partial charge in [-0.3, -0.25) is 5.10 Å². The van der Waals surface area contributed by atoms with Crippen molar-refractivity contribution < 1.29 is 5.11 Å². The molecule has 3 N–H and O–H groups in total. The summed E-state index contributed by atoms with van der Waals surface area (Å²) in [7, 11) is 0. The van der Waals surface area contributed by atoms with E-state index in [1.165, 1.54) is 6.33 Å². The normalized spacial score (nSPS) is 10.7. The second-order valence-electron chi connectivity index (χ2n) is 4.00. The van der Waals surface area contributed by atoms with E-state index in [0.29, 0.717) is 5.02 Å². The predicted octanol–water partition coefficient (Wildman–Crippen LogP) is 1.89. The standard InChI is InChI=1S/C12H15ClN4O/c13-10-6-9(3-4-11(10)18)7-14-5-1-2-12-15-8-16-17-12/h3-4,6,8,14,18H,1-2,5,7H2,(H,15,16,17). The van der Waals surface area contributed by atoms with E-state index in [2.05, 4.69) is 20.5 Å². The molecule has 18 heavy (non-hydrogen) atoms. The van der Waals surface area contributed by atoms with Gasteiger partial charge in [-0.15, -0.1) is 0 Å². The first kappa shape index (κ1) is 12.9. The van der Waals surface area contributed by atoms with E-state index in [4.69, 9.17) is 11.6 Å². The monoisotopic (exact) mass is 266 g/mol. The van der Waals surface area contributed by atoms with Gasteiger partial charge in [-0.1, -0.05) is 17.7 Å². The number of hydrogen-bond acceptors (Lipinski definition) is 4. The molecule has 5 nitrogen and oxygen atoms in total. The van der Waals surface area contributed by atoms with Gasteiger partial charge in [-0.05, 0) is 30.7 Å². The number of halogens is 1. The number of H-pyrrole nitrogens is 1. The molecule has 0 saturated carbocycles. The van der Waals surface area contributed by atoms with Crippen LogP contribution in [-0.4, -0.2) is 26.8 Å². The smallest absolute Gasteiger partial charge is 0.137 e. The van der Waals surface area contributed by atoms with Crippen molar-refractivity contribution in [2.45, 2.75) is 19.4 Å². The average Bonchev–Trinajstić information content (AvgIpc) is 2.86. The zero-order chi connectivity index (χ0) is 12.8. The average molecular weight is 267 g/mol. The van der Waals surface area contributed by atoms with E-state index in [-0.39, 0.29) is 5.75 Å². The number of phenolic OH excluding ortho intramolecular Hbond substituents is 1. The molecule has 2 aromatic rings. The van der Waals surface area contributed by atoms with Crippen LogP contribution in [0.2, 0.25) is 5.02 Å². The molecule has 6 heteroatoms. The van der Waals surface area contributed by atoms with Crippen LogP contribution in [-0.2, 0) is 13.0 Å². The molecule has 0 radical (unpaired) electrons. The van der Waals surface area contributed by atoms with Crippen LogP contribution in [0.3, 0.4) is 0 Å². The minimum atomic E-state index is 0.116. The van der Waals surface area contributed by atoms with Crippen LogP contribution >= 0.6 is 11.6 Å². The summed E-state index contributed by atoms with van der Waals surface area (Å²) in [5.41, 5.74) is 1.05. The minimum Gasteiger partial charge on any atom is -0.506 e. The molecule has 0 amide bonds. The molecule has 2 rings (SSSR count). The zero-order valence-corrected chi connectivity index (χ0v) is 10.6. The molecular formula is C12H15ClN4O. The van der Waals surface area contributed by atoms with Crippen molar-refractivity contribution in [3.05, 3.63) is 40.9 Å². The van der Waals surface area contributed by atoms with Crippen LogP contribution in [0, 0.1) is 0 Å². The number of aromatic hydroxyl groups is 1. The maximum atomic E-state index is 9.29. The maximum Gasteiger partial charge on any atom is 0.137 e. The van der Waals surface area contributed by atoms with Crippen molar-refractivity contribution >= 4 is 11.6 Å². The fourth-order valence-corrected chi connectivity index (χ4v) is 1.83. The van der Waals surface area contributed by atoms with Gasteiger partial charge in [0, 0.05) is 13.0 Å². The van der Waals surface area contributed by atoms with Gasteiger partial charge >= 0.3 is 0 Å². The SMILES string of the molecule is Oc1ccc(CNCCCc2ncn[nH]2)cc1Cl. The van der Waals surface area contributed by atoms with Crippen LogP contribution in [0.1, 0.15) is 17.8 Å². The van der Waals surface area contributed by atoms with Gasteiger partial charge in [0.15, 0.2) is 0 Å². The molecule has 0 bridgehead atoms. The van der Waals surface area contributed by atoms with E-state index < -0.39 is 0 Å². The minimum absolute atomic E-state index is 0.116. The Morgan fingerprint density at radius 1 is 1.39 bits per heavy atom. The number of hydrogen-bond donors (Lipinski definition) is 3. The van der Waals surface area contributed by atoms with Gasteiger partial charge in [-0.25, -0.2) is 4.98 Å². The van der Waals surface area contributed by atoms with E-state index >= 15 is 0 Å². The quantitative estimate of drug-likeness (QED) is 0.698. The Morgan fingerprint density at radius 3 is 3.00 bits per heavy atom. The Balaban J connectivity index is 1.67. The molecule has 0 atom stereocenters.